The van der Waals surface area contributed by atoms with Crippen molar-refractivity contribution in [3.05, 3.63) is 84.6 Å². The number of anilines is 1. The molecular formula is C31H30N8O2. The third-order valence-corrected chi connectivity index (χ3v) is 7.98. The van der Waals surface area contributed by atoms with Gasteiger partial charge in [-0.25, -0.2) is 14.8 Å². The molecule has 4 aromatic rings. The van der Waals surface area contributed by atoms with E-state index in [1.165, 1.54) is 6.08 Å². The number of nitrogen functional groups attached to an aromatic ring is 1. The highest BCUT2D eigenvalue weighted by Crippen LogP contribution is 2.33. The van der Waals surface area contributed by atoms with Gasteiger partial charge in [-0.15, -0.1) is 0 Å². The number of nitrogens with zero attached hydrogens (tertiary/aromatic N) is 7. The molecule has 2 aromatic carbocycles. The summed E-state index contributed by atoms with van der Waals surface area (Å²) in [7, 11) is 0. The molecule has 2 aliphatic rings. The number of amides is 3. The maximum Gasteiger partial charge on any atom is 0.320 e. The van der Waals surface area contributed by atoms with Crippen LogP contribution in [0.2, 0.25) is 0 Å². The highest BCUT2D eigenvalue weighted by Gasteiger charge is 2.32. The first kappa shape index (κ1) is 26.1. The number of aromatic nitrogens is 3. The summed E-state index contributed by atoms with van der Waals surface area (Å²) in [6.45, 7) is 7.02. The summed E-state index contributed by atoms with van der Waals surface area (Å²) in [5, 5.41) is 9.51. The number of nitriles is 1. The number of fused-ring (bicyclic) bond motifs is 1. The van der Waals surface area contributed by atoms with Crippen LogP contribution in [0, 0.1) is 11.3 Å². The number of imidazole rings is 1. The summed E-state index contributed by atoms with van der Waals surface area (Å²) in [5.41, 5.74) is 11.1. The molecule has 6 rings (SSSR count). The van der Waals surface area contributed by atoms with Gasteiger partial charge in [0.1, 0.15) is 11.6 Å². The second-order valence-corrected chi connectivity index (χ2v) is 10.3. The summed E-state index contributed by atoms with van der Waals surface area (Å²) in [6, 6.07) is 19.7. The van der Waals surface area contributed by atoms with E-state index in [9.17, 15) is 14.9 Å². The lowest BCUT2D eigenvalue weighted by atomic mass is 9.98. The predicted octanol–water partition coefficient (Wildman–Crippen LogP) is 3.78. The van der Waals surface area contributed by atoms with Crippen LogP contribution in [0.25, 0.3) is 28.1 Å². The standard InChI is InChI=1S/C31H30N8O2/c1-2-28(40)36-14-16-37(17-15-36)31(41)38-13-11-23(20-38)22-6-8-24(9-7-22)39-27-18-21(19-32)5-10-26(27)35-30(39)25-4-3-12-34-29(25)33/h2-10,12,18,23H,1,11,13-17,20H2,(H2,33,34)/t23-/m1/s1. The van der Waals surface area contributed by atoms with Crippen LogP contribution in [0.15, 0.2) is 73.4 Å². The number of hydrogen-bond donors (Lipinski definition) is 1. The molecule has 0 bridgehead atoms. The van der Waals surface area contributed by atoms with E-state index < -0.39 is 0 Å². The zero-order valence-corrected chi connectivity index (χ0v) is 22.6. The Kier molecular flexibility index (Phi) is 6.85. The molecule has 1 atom stereocenters. The lowest BCUT2D eigenvalue weighted by Gasteiger charge is -2.36. The molecule has 0 radical (unpaired) electrons. The molecule has 41 heavy (non-hydrogen) atoms. The van der Waals surface area contributed by atoms with Crippen molar-refractivity contribution < 1.29 is 9.59 Å². The van der Waals surface area contributed by atoms with Gasteiger partial charge in [0.15, 0.2) is 0 Å². The molecule has 2 aliphatic heterocycles. The van der Waals surface area contributed by atoms with Gasteiger partial charge in [0.2, 0.25) is 5.91 Å². The monoisotopic (exact) mass is 546 g/mol. The minimum atomic E-state index is -0.0907. The van der Waals surface area contributed by atoms with E-state index in [1.54, 1.807) is 17.2 Å². The van der Waals surface area contributed by atoms with Crippen molar-refractivity contribution in [3.63, 3.8) is 0 Å². The zero-order valence-electron chi connectivity index (χ0n) is 22.6. The van der Waals surface area contributed by atoms with Gasteiger partial charge in [0.05, 0.1) is 28.2 Å². The van der Waals surface area contributed by atoms with E-state index >= 15 is 0 Å². The van der Waals surface area contributed by atoms with Gasteiger partial charge in [0, 0.05) is 57.1 Å². The van der Waals surface area contributed by atoms with Crippen molar-refractivity contribution in [3.8, 4) is 23.1 Å². The van der Waals surface area contributed by atoms with Crippen molar-refractivity contribution in [2.75, 3.05) is 45.0 Å². The largest absolute Gasteiger partial charge is 0.383 e. The Hall–Kier alpha value is -5.17. The van der Waals surface area contributed by atoms with Crippen LogP contribution in [0.4, 0.5) is 10.6 Å². The van der Waals surface area contributed by atoms with E-state index in [2.05, 4.69) is 29.8 Å². The number of nitrogens with two attached hydrogens (primary N) is 1. The molecule has 2 saturated heterocycles. The number of carbonyl (C=O) groups excluding carboxylic acids is 2. The second kappa shape index (κ2) is 10.8. The number of hydrogen-bond acceptors (Lipinski definition) is 6. The quantitative estimate of drug-likeness (QED) is 0.389. The molecule has 2 fully saturated rings. The molecule has 2 aromatic heterocycles. The zero-order chi connectivity index (χ0) is 28.5. The highest BCUT2D eigenvalue weighted by atomic mass is 16.2. The van der Waals surface area contributed by atoms with Crippen LogP contribution >= 0.6 is 0 Å². The topological polar surface area (TPSA) is 124 Å². The Morgan fingerprint density at radius 1 is 1.00 bits per heavy atom. The number of likely N-dealkylation sites (tertiary alicyclic amines) is 1. The van der Waals surface area contributed by atoms with Gasteiger partial charge in [-0.3, -0.25) is 9.36 Å². The first-order valence-electron chi connectivity index (χ1n) is 13.7. The van der Waals surface area contributed by atoms with Gasteiger partial charge in [-0.1, -0.05) is 18.7 Å². The molecular weight excluding hydrogens is 516 g/mol. The summed E-state index contributed by atoms with van der Waals surface area (Å²) in [4.78, 5) is 39.6. The second-order valence-electron chi connectivity index (χ2n) is 10.3. The number of benzene rings is 2. The third kappa shape index (κ3) is 4.87. The molecule has 0 saturated carbocycles. The number of carbonyl (C=O) groups is 2. The van der Waals surface area contributed by atoms with Crippen molar-refractivity contribution >= 4 is 28.8 Å². The number of pyridine rings is 1. The molecule has 206 valence electrons. The first-order chi connectivity index (χ1) is 20.0. The Morgan fingerprint density at radius 2 is 1.76 bits per heavy atom. The van der Waals surface area contributed by atoms with Crippen molar-refractivity contribution in [1.82, 2.24) is 29.2 Å². The van der Waals surface area contributed by atoms with Gasteiger partial charge in [-0.2, -0.15) is 5.26 Å². The highest BCUT2D eigenvalue weighted by molar-refractivity contribution is 5.87. The van der Waals surface area contributed by atoms with E-state index in [-0.39, 0.29) is 17.9 Å². The molecule has 10 heteroatoms. The Bertz CT molecular complexity index is 1680. The smallest absolute Gasteiger partial charge is 0.320 e. The average Bonchev–Trinajstić information content (AvgIpc) is 3.66. The summed E-state index contributed by atoms with van der Waals surface area (Å²) in [5.74, 6) is 1.17. The van der Waals surface area contributed by atoms with Gasteiger partial charge in [0.25, 0.3) is 0 Å². The molecule has 0 spiro atoms. The van der Waals surface area contributed by atoms with Gasteiger partial charge in [-0.05, 0) is 60.5 Å². The van der Waals surface area contributed by atoms with Crippen molar-refractivity contribution in [2.24, 2.45) is 0 Å². The van der Waals surface area contributed by atoms with Gasteiger partial charge >= 0.3 is 6.03 Å². The average molecular weight is 547 g/mol. The molecule has 0 unspecified atom stereocenters. The summed E-state index contributed by atoms with van der Waals surface area (Å²) in [6.07, 6.45) is 3.85. The predicted molar refractivity (Wildman–Crippen MR) is 156 cm³/mol. The molecule has 4 heterocycles. The normalized spacial score (nSPS) is 17.0. The molecule has 10 nitrogen and oxygen atoms in total. The summed E-state index contributed by atoms with van der Waals surface area (Å²) >= 11 is 0. The fourth-order valence-electron chi connectivity index (χ4n) is 5.74. The van der Waals surface area contributed by atoms with E-state index in [1.807, 2.05) is 50.8 Å². The molecule has 0 aliphatic carbocycles. The number of urea groups is 1. The lowest BCUT2D eigenvalue weighted by Crippen LogP contribution is -2.53. The van der Waals surface area contributed by atoms with Crippen LogP contribution < -0.4 is 5.73 Å². The molecule has 2 N–H and O–H groups in total. The minimum absolute atomic E-state index is 0.0340. The minimum Gasteiger partial charge on any atom is -0.383 e. The summed E-state index contributed by atoms with van der Waals surface area (Å²) < 4.78 is 2.01. The fraction of sp³-hybridized carbons (Fsp3) is 0.258. The van der Waals surface area contributed by atoms with Crippen LogP contribution in [0.3, 0.4) is 0 Å². The van der Waals surface area contributed by atoms with Gasteiger partial charge < -0.3 is 20.4 Å². The molecule has 3 amide bonds. The van der Waals surface area contributed by atoms with Crippen LogP contribution in [-0.2, 0) is 4.79 Å². The Morgan fingerprint density at radius 3 is 2.46 bits per heavy atom. The maximum atomic E-state index is 13.2. The Balaban J connectivity index is 1.23. The number of rotatable bonds is 4. The van der Waals surface area contributed by atoms with Crippen molar-refractivity contribution in [2.45, 2.75) is 12.3 Å². The van der Waals surface area contributed by atoms with Crippen LogP contribution in [0.5, 0.6) is 0 Å². The third-order valence-electron chi connectivity index (χ3n) is 7.98. The SMILES string of the molecule is C=CC(=O)N1CCN(C(=O)N2CC[C@@H](c3ccc(-n4c(-c5cccnc5N)nc5ccc(C#N)cc54)cc3)C2)CC1. The van der Waals surface area contributed by atoms with Crippen LogP contribution in [-0.4, -0.2) is 80.4 Å². The first-order valence-corrected chi connectivity index (χ1v) is 13.7. The Labute approximate surface area is 237 Å². The van der Waals surface area contributed by atoms with E-state index in [4.69, 9.17) is 10.7 Å². The van der Waals surface area contributed by atoms with E-state index in [0.717, 1.165) is 28.7 Å². The van der Waals surface area contributed by atoms with Crippen LogP contribution in [0.1, 0.15) is 23.5 Å². The number of piperazine rings is 1. The lowest BCUT2D eigenvalue weighted by molar-refractivity contribution is -0.127. The van der Waals surface area contributed by atoms with Crippen molar-refractivity contribution in [1.29, 1.82) is 5.26 Å². The fourth-order valence-corrected chi connectivity index (χ4v) is 5.74. The van der Waals surface area contributed by atoms with E-state index in [0.29, 0.717) is 62.0 Å². The maximum absolute atomic E-state index is 13.2.